The molecule has 39 heavy (non-hydrogen) atoms. The number of hydrogen-bond acceptors (Lipinski definition) is 7. The number of rotatable bonds is 10. The predicted octanol–water partition coefficient (Wildman–Crippen LogP) is 6.33. The van der Waals surface area contributed by atoms with Crippen LogP contribution in [0.15, 0.2) is 95.9 Å². The number of ether oxygens (including phenoxy) is 4. The van der Waals surface area contributed by atoms with E-state index in [1.165, 1.54) is 18.5 Å². The van der Waals surface area contributed by atoms with E-state index in [0.717, 1.165) is 11.9 Å². The van der Waals surface area contributed by atoms with Crippen LogP contribution in [0.3, 0.4) is 0 Å². The van der Waals surface area contributed by atoms with Gasteiger partial charge in [0.2, 0.25) is 0 Å². The maximum atomic E-state index is 13.9. The first kappa shape index (κ1) is 27.4. The summed E-state index contributed by atoms with van der Waals surface area (Å²) >= 11 is 1.11. The molecule has 0 fully saturated rings. The number of nitrogens with one attached hydrogen (secondary N) is 1. The zero-order chi connectivity index (χ0) is 27.8. The molecule has 0 unspecified atom stereocenters. The van der Waals surface area contributed by atoms with Crippen molar-refractivity contribution in [1.82, 2.24) is 0 Å². The van der Waals surface area contributed by atoms with E-state index in [1.807, 2.05) is 0 Å². The van der Waals surface area contributed by atoms with Gasteiger partial charge in [-0.05, 0) is 84.7 Å². The van der Waals surface area contributed by atoms with Crippen molar-refractivity contribution in [3.05, 3.63) is 102 Å². The molecule has 4 rings (SSSR count). The fourth-order valence-corrected chi connectivity index (χ4v) is 4.84. The smallest absolute Gasteiger partial charge is 0.272 e. The Bertz CT molecular complexity index is 1440. The topological polar surface area (TPSA) is 86.3 Å². The molecule has 0 saturated heterocycles. The lowest BCUT2D eigenvalue weighted by molar-refractivity contribution is 0.0998. The van der Waals surface area contributed by atoms with Gasteiger partial charge in [0.05, 0.1) is 45.3 Å². The van der Waals surface area contributed by atoms with Gasteiger partial charge in [-0.2, -0.15) is 0 Å². The minimum atomic E-state index is -0.389. The first-order valence-corrected chi connectivity index (χ1v) is 12.7. The molecule has 1 N–H and O–H groups in total. The number of nitrogens with zero attached hydrogens (tertiary/aromatic N) is 1. The molecule has 0 heterocycles. The number of hydrogen-bond donors (Lipinski definition) is 1. The van der Waals surface area contributed by atoms with E-state index in [2.05, 4.69) is 5.32 Å². The van der Waals surface area contributed by atoms with Gasteiger partial charge in [-0.3, -0.25) is 9.59 Å². The Morgan fingerprint density at radius 2 is 1.26 bits per heavy atom. The van der Waals surface area contributed by atoms with Crippen LogP contribution in [-0.2, 0) is 0 Å². The summed E-state index contributed by atoms with van der Waals surface area (Å²) in [6, 6.07) is 26.3. The molecular weight excluding hydrogens is 516 g/mol. The van der Waals surface area contributed by atoms with Crippen LogP contribution in [0, 0.1) is 0 Å². The second-order valence-corrected chi connectivity index (χ2v) is 9.09. The maximum absolute atomic E-state index is 13.9. The third-order valence-corrected chi connectivity index (χ3v) is 6.90. The predicted molar refractivity (Wildman–Crippen MR) is 153 cm³/mol. The molecule has 8 nitrogen and oxygen atoms in total. The highest BCUT2D eigenvalue weighted by atomic mass is 32.2. The largest absolute Gasteiger partial charge is 0.497 e. The molecule has 0 bridgehead atoms. The molecule has 200 valence electrons. The summed E-state index contributed by atoms with van der Waals surface area (Å²) < 4.78 is 23.0. The Morgan fingerprint density at radius 3 is 1.87 bits per heavy atom. The van der Waals surface area contributed by atoms with Gasteiger partial charge in [0.25, 0.3) is 11.8 Å². The fraction of sp³-hybridized carbons (Fsp3) is 0.133. The zero-order valence-corrected chi connectivity index (χ0v) is 22.8. The van der Waals surface area contributed by atoms with Crippen molar-refractivity contribution in [1.29, 1.82) is 0 Å². The van der Waals surface area contributed by atoms with Crippen LogP contribution >= 0.6 is 11.9 Å². The molecule has 0 aliphatic heterocycles. The van der Waals surface area contributed by atoms with Gasteiger partial charge in [0, 0.05) is 10.6 Å². The number of carbonyl (C=O) groups excluding carboxylic acids is 2. The minimum absolute atomic E-state index is 0.284. The monoisotopic (exact) mass is 544 g/mol. The van der Waals surface area contributed by atoms with Crippen LogP contribution in [0.1, 0.15) is 20.7 Å². The molecule has 2 amide bonds. The second kappa shape index (κ2) is 12.7. The van der Waals surface area contributed by atoms with Crippen molar-refractivity contribution >= 4 is 35.1 Å². The number of para-hydroxylation sites is 1. The van der Waals surface area contributed by atoms with Gasteiger partial charge < -0.3 is 24.3 Å². The highest BCUT2D eigenvalue weighted by molar-refractivity contribution is 8.01. The van der Waals surface area contributed by atoms with Gasteiger partial charge >= 0.3 is 0 Å². The molecule has 0 spiro atoms. The zero-order valence-electron chi connectivity index (χ0n) is 22.0. The van der Waals surface area contributed by atoms with Crippen molar-refractivity contribution in [3.63, 3.8) is 0 Å². The molecule has 4 aromatic rings. The third kappa shape index (κ3) is 6.27. The Labute approximate surface area is 231 Å². The van der Waals surface area contributed by atoms with Crippen LogP contribution in [0.4, 0.5) is 11.4 Å². The van der Waals surface area contributed by atoms with E-state index in [9.17, 15) is 9.59 Å². The van der Waals surface area contributed by atoms with E-state index in [-0.39, 0.29) is 17.4 Å². The molecule has 0 radical (unpaired) electrons. The van der Waals surface area contributed by atoms with Crippen molar-refractivity contribution in [2.75, 3.05) is 38.1 Å². The molecule has 0 atom stereocenters. The summed E-state index contributed by atoms with van der Waals surface area (Å²) in [7, 11) is 6.16. The Kier molecular flexibility index (Phi) is 8.96. The van der Waals surface area contributed by atoms with Crippen LogP contribution in [0.2, 0.25) is 0 Å². The normalized spacial score (nSPS) is 10.4. The second-order valence-electron chi connectivity index (χ2n) is 8.11. The van der Waals surface area contributed by atoms with Crippen molar-refractivity contribution in [2.24, 2.45) is 0 Å². The highest BCUT2D eigenvalue weighted by Crippen LogP contribution is 2.38. The SMILES string of the molecule is COc1ccc(NC(=O)c2c(OC)cccc2SN(C(=O)c2ccccc2OC)c2ccc(OC)cc2)cc1. The summed E-state index contributed by atoms with van der Waals surface area (Å²) in [5.74, 6) is 1.41. The quantitative estimate of drug-likeness (QED) is 0.234. The number of amides is 2. The van der Waals surface area contributed by atoms with Crippen LogP contribution in [0.5, 0.6) is 23.0 Å². The minimum Gasteiger partial charge on any atom is -0.497 e. The van der Waals surface area contributed by atoms with Gasteiger partial charge in [-0.25, -0.2) is 4.31 Å². The molecule has 0 aromatic heterocycles. The van der Waals surface area contributed by atoms with Crippen molar-refractivity contribution in [3.8, 4) is 23.0 Å². The number of methoxy groups -OCH3 is 4. The van der Waals surface area contributed by atoms with Crippen molar-refractivity contribution in [2.45, 2.75) is 4.90 Å². The lowest BCUT2D eigenvalue weighted by Gasteiger charge is -2.24. The van der Waals surface area contributed by atoms with Gasteiger partial charge in [0.15, 0.2) is 0 Å². The number of anilines is 2. The summed E-state index contributed by atoms with van der Waals surface area (Å²) in [5.41, 5.74) is 1.82. The van der Waals surface area contributed by atoms with Crippen LogP contribution in [-0.4, -0.2) is 40.3 Å². The van der Waals surface area contributed by atoms with E-state index < -0.39 is 0 Å². The summed E-state index contributed by atoms with van der Waals surface area (Å²) in [4.78, 5) is 28.0. The number of benzene rings is 4. The van der Waals surface area contributed by atoms with Crippen LogP contribution in [0.25, 0.3) is 0 Å². The first-order chi connectivity index (χ1) is 19.0. The Hall–Kier alpha value is -4.63. The van der Waals surface area contributed by atoms with Crippen molar-refractivity contribution < 1.29 is 28.5 Å². The first-order valence-electron chi connectivity index (χ1n) is 11.9. The van der Waals surface area contributed by atoms with E-state index in [0.29, 0.717) is 44.8 Å². The van der Waals surface area contributed by atoms with Crippen LogP contribution < -0.4 is 28.6 Å². The lowest BCUT2D eigenvalue weighted by atomic mass is 10.1. The fourth-order valence-electron chi connectivity index (χ4n) is 3.81. The molecule has 9 heteroatoms. The highest BCUT2D eigenvalue weighted by Gasteiger charge is 2.26. The van der Waals surface area contributed by atoms with E-state index in [1.54, 1.807) is 105 Å². The molecule has 4 aromatic carbocycles. The summed E-state index contributed by atoms with van der Waals surface area (Å²) in [6.45, 7) is 0. The molecule has 0 saturated carbocycles. The molecular formula is C30H28N2O6S. The van der Waals surface area contributed by atoms with E-state index >= 15 is 0 Å². The van der Waals surface area contributed by atoms with E-state index in [4.69, 9.17) is 18.9 Å². The number of carbonyl (C=O) groups is 2. The summed E-state index contributed by atoms with van der Waals surface area (Å²) in [5, 5.41) is 2.90. The Morgan fingerprint density at radius 1 is 0.667 bits per heavy atom. The van der Waals surface area contributed by atoms with Gasteiger partial charge in [-0.15, -0.1) is 0 Å². The average Bonchev–Trinajstić information content (AvgIpc) is 2.99. The van der Waals surface area contributed by atoms with Gasteiger partial charge in [-0.1, -0.05) is 18.2 Å². The van der Waals surface area contributed by atoms with Gasteiger partial charge in [0.1, 0.15) is 23.0 Å². The maximum Gasteiger partial charge on any atom is 0.272 e. The lowest BCUT2D eigenvalue weighted by Crippen LogP contribution is -2.25. The standard InChI is InChI=1S/C30H28N2O6S/c1-35-22-16-12-20(13-17-22)31-29(33)28-26(38-4)10-7-11-27(28)39-32(21-14-18-23(36-2)19-15-21)30(34)24-8-5-6-9-25(24)37-3/h5-19H,1-4H3,(H,31,33). The molecule has 0 aliphatic rings. The molecule has 0 aliphatic carbocycles. The Balaban J connectivity index is 1.75. The third-order valence-electron chi connectivity index (χ3n) is 5.80. The summed E-state index contributed by atoms with van der Waals surface area (Å²) in [6.07, 6.45) is 0. The average molecular weight is 545 g/mol.